The van der Waals surface area contributed by atoms with Crippen LogP contribution in [-0.2, 0) is 0 Å². The van der Waals surface area contributed by atoms with Gasteiger partial charge in [-0.15, -0.1) is 0 Å². The molecule has 0 fully saturated rings. The monoisotopic (exact) mass is 222 g/mol. The van der Waals surface area contributed by atoms with E-state index in [-0.39, 0.29) is 0 Å². The van der Waals surface area contributed by atoms with Crippen LogP contribution in [0.2, 0.25) is 0 Å². The van der Waals surface area contributed by atoms with Gasteiger partial charge >= 0.3 is 0 Å². The van der Waals surface area contributed by atoms with Gasteiger partial charge in [0.2, 0.25) is 0 Å². The lowest BCUT2D eigenvalue weighted by Gasteiger charge is -2.09. The van der Waals surface area contributed by atoms with E-state index in [1.54, 1.807) is 6.20 Å². The van der Waals surface area contributed by atoms with E-state index in [9.17, 15) is 0 Å². The topological polar surface area (TPSA) is 34.2 Å². The predicted molar refractivity (Wildman–Crippen MR) is 68.0 cm³/mol. The highest BCUT2D eigenvalue weighted by atomic mass is 16.5. The van der Waals surface area contributed by atoms with Crippen LogP contribution in [0.4, 0.5) is 5.69 Å². The zero-order chi connectivity index (χ0) is 11.8. The van der Waals surface area contributed by atoms with Gasteiger partial charge in [-0.1, -0.05) is 20.8 Å². The van der Waals surface area contributed by atoms with Gasteiger partial charge in [0.05, 0.1) is 24.7 Å². The summed E-state index contributed by atoms with van der Waals surface area (Å²) in [5.41, 5.74) is 1.03. The Morgan fingerprint density at radius 1 is 1.38 bits per heavy atom. The Labute approximate surface area is 98.2 Å². The number of rotatable bonds is 7. The van der Waals surface area contributed by atoms with E-state index in [0.29, 0.717) is 5.92 Å². The molecule has 1 aromatic rings. The van der Waals surface area contributed by atoms with Crippen LogP contribution in [0.15, 0.2) is 18.5 Å². The number of nitrogens with zero attached hydrogens (tertiary/aromatic N) is 1. The molecule has 1 N–H and O–H groups in total. The summed E-state index contributed by atoms with van der Waals surface area (Å²) in [4.78, 5) is 4.15. The molecular weight excluding hydrogens is 200 g/mol. The van der Waals surface area contributed by atoms with Gasteiger partial charge in [0.25, 0.3) is 0 Å². The van der Waals surface area contributed by atoms with Crippen molar-refractivity contribution in [3.05, 3.63) is 18.5 Å². The Hall–Kier alpha value is -1.25. The van der Waals surface area contributed by atoms with Crippen molar-refractivity contribution in [1.29, 1.82) is 0 Å². The van der Waals surface area contributed by atoms with Crippen molar-refractivity contribution in [2.75, 3.05) is 18.5 Å². The normalized spacial score (nSPS) is 10.5. The van der Waals surface area contributed by atoms with Crippen LogP contribution >= 0.6 is 0 Å². The molecular formula is C13H22N2O. The van der Waals surface area contributed by atoms with E-state index in [1.807, 2.05) is 12.3 Å². The standard InChI is InChI=1S/C13H22N2O/c1-4-6-15-12-8-13(10-14-9-12)16-7-5-11(2)3/h8-11,15H,4-7H2,1-3H3. The van der Waals surface area contributed by atoms with Gasteiger partial charge in [0.1, 0.15) is 5.75 Å². The van der Waals surface area contributed by atoms with Crippen molar-refractivity contribution >= 4 is 5.69 Å². The zero-order valence-corrected chi connectivity index (χ0v) is 10.5. The summed E-state index contributed by atoms with van der Waals surface area (Å²) in [5.74, 6) is 1.52. The number of hydrogen-bond acceptors (Lipinski definition) is 3. The summed E-state index contributed by atoms with van der Waals surface area (Å²) in [6.45, 7) is 8.26. The fourth-order valence-corrected chi connectivity index (χ4v) is 1.28. The molecule has 0 radical (unpaired) electrons. The first kappa shape index (κ1) is 12.8. The number of hydrogen-bond donors (Lipinski definition) is 1. The fraction of sp³-hybridized carbons (Fsp3) is 0.615. The SMILES string of the molecule is CCCNc1cncc(OCCC(C)C)c1. The third-order valence-electron chi connectivity index (χ3n) is 2.26. The summed E-state index contributed by atoms with van der Waals surface area (Å²) in [7, 11) is 0. The molecule has 1 rings (SSSR count). The first-order valence-electron chi connectivity index (χ1n) is 6.04. The molecule has 0 aliphatic heterocycles. The van der Waals surface area contributed by atoms with Crippen LogP contribution in [0.5, 0.6) is 5.75 Å². The third kappa shape index (κ3) is 5.01. The Bertz CT molecular complexity index is 300. The second-order valence-electron chi connectivity index (χ2n) is 4.37. The number of ether oxygens (including phenoxy) is 1. The molecule has 0 atom stereocenters. The van der Waals surface area contributed by atoms with Crippen LogP contribution in [0.25, 0.3) is 0 Å². The lowest BCUT2D eigenvalue weighted by atomic mass is 10.1. The zero-order valence-electron chi connectivity index (χ0n) is 10.5. The maximum absolute atomic E-state index is 5.63. The van der Waals surface area contributed by atoms with Crippen molar-refractivity contribution in [2.24, 2.45) is 5.92 Å². The third-order valence-corrected chi connectivity index (χ3v) is 2.26. The molecule has 3 heteroatoms. The Morgan fingerprint density at radius 3 is 2.88 bits per heavy atom. The molecule has 16 heavy (non-hydrogen) atoms. The molecule has 0 spiro atoms. The van der Waals surface area contributed by atoms with Crippen LogP contribution in [0.1, 0.15) is 33.6 Å². The van der Waals surface area contributed by atoms with E-state index in [2.05, 4.69) is 31.1 Å². The molecule has 0 saturated carbocycles. The maximum Gasteiger partial charge on any atom is 0.139 e. The lowest BCUT2D eigenvalue weighted by molar-refractivity contribution is 0.288. The number of pyridine rings is 1. The van der Waals surface area contributed by atoms with Gasteiger partial charge in [0, 0.05) is 12.6 Å². The largest absolute Gasteiger partial charge is 0.492 e. The maximum atomic E-state index is 5.63. The molecule has 1 aromatic heterocycles. The van der Waals surface area contributed by atoms with Crippen molar-refractivity contribution in [3.8, 4) is 5.75 Å². The Morgan fingerprint density at radius 2 is 2.19 bits per heavy atom. The summed E-state index contributed by atoms with van der Waals surface area (Å²) in [5, 5.41) is 3.29. The first-order valence-corrected chi connectivity index (χ1v) is 6.04. The molecule has 0 amide bonds. The van der Waals surface area contributed by atoms with Gasteiger partial charge in [-0.25, -0.2) is 0 Å². The van der Waals surface area contributed by atoms with Gasteiger partial charge < -0.3 is 10.1 Å². The molecule has 0 unspecified atom stereocenters. The van der Waals surface area contributed by atoms with Crippen molar-refractivity contribution in [1.82, 2.24) is 4.98 Å². The summed E-state index contributed by atoms with van der Waals surface area (Å²) in [6.07, 6.45) is 5.77. The fourth-order valence-electron chi connectivity index (χ4n) is 1.28. The summed E-state index contributed by atoms with van der Waals surface area (Å²) >= 11 is 0. The quantitative estimate of drug-likeness (QED) is 0.768. The van der Waals surface area contributed by atoms with Crippen LogP contribution in [-0.4, -0.2) is 18.1 Å². The predicted octanol–water partition coefficient (Wildman–Crippen LogP) is 3.33. The van der Waals surface area contributed by atoms with E-state index >= 15 is 0 Å². The highest BCUT2D eigenvalue weighted by molar-refractivity contribution is 5.44. The second kappa shape index (κ2) is 7.09. The Kier molecular flexibility index (Phi) is 5.68. The highest BCUT2D eigenvalue weighted by Gasteiger charge is 1.98. The number of anilines is 1. The summed E-state index contributed by atoms with van der Waals surface area (Å²) < 4.78 is 5.63. The van der Waals surface area contributed by atoms with Gasteiger partial charge in [-0.3, -0.25) is 4.98 Å². The van der Waals surface area contributed by atoms with E-state index in [1.165, 1.54) is 0 Å². The van der Waals surface area contributed by atoms with Gasteiger partial charge in [-0.2, -0.15) is 0 Å². The molecule has 90 valence electrons. The van der Waals surface area contributed by atoms with Crippen molar-refractivity contribution < 1.29 is 4.74 Å². The molecule has 0 aromatic carbocycles. The molecule has 3 nitrogen and oxygen atoms in total. The second-order valence-corrected chi connectivity index (χ2v) is 4.37. The molecule has 0 aliphatic rings. The van der Waals surface area contributed by atoms with E-state index < -0.39 is 0 Å². The average molecular weight is 222 g/mol. The Balaban J connectivity index is 2.40. The van der Waals surface area contributed by atoms with Crippen molar-refractivity contribution in [3.63, 3.8) is 0 Å². The van der Waals surface area contributed by atoms with Crippen LogP contribution in [0, 0.1) is 5.92 Å². The van der Waals surface area contributed by atoms with Crippen LogP contribution in [0.3, 0.4) is 0 Å². The van der Waals surface area contributed by atoms with Gasteiger partial charge in [-0.05, 0) is 18.8 Å². The smallest absolute Gasteiger partial charge is 0.139 e. The van der Waals surface area contributed by atoms with Crippen molar-refractivity contribution in [2.45, 2.75) is 33.6 Å². The minimum Gasteiger partial charge on any atom is -0.492 e. The minimum atomic E-state index is 0.675. The van der Waals surface area contributed by atoms with Crippen LogP contribution < -0.4 is 10.1 Å². The molecule has 0 bridgehead atoms. The molecule has 0 aliphatic carbocycles. The molecule has 1 heterocycles. The average Bonchev–Trinajstić information content (AvgIpc) is 2.26. The number of aromatic nitrogens is 1. The van der Waals surface area contributed by atoms with Gasteiger partial charge in [0.15, 0.2) is 0 Å². The van der Waals surface area contributed by atoms with E-state index in [4.69, 9.17) is 4.74 Å². The molecule has 0 saturated heterocycles. The van der Waals surface area contributed by atoms with E-state index in [0.717, 1.165) is 37.4 Å². The summed E-state index contributed by atoms with van der Waals surface area (Å²) in [6, 6.07) is 2.00. The first-order chi connectivity index (χ1) is 7.72. The number of nitrogens with one attached hydrogen (secondary N) is 1. The lowest BCUT2D eigenvalue weighted by Crippen LogP contribution is -2.03. The minimum absolute atomic E-state index is 0.675. The highest BCUT2D eigenvalue weighted by Crippen LogP contribution is 2.15.